The van der Waals surface area contributed by atoms with Gasteiger partial charge in [0.05, 0.1) is 12.7 Å². The van der Waals surface area contributed by atoms with Crippen molar-refractivity contribution in [2.24, 2.45) is 0 Å². The number of hydrogen-bond acceptors (Lipinski definition) is 4. The number of nitrogens with zero attached hydrogens (tertiary/aromatic N) is 3. The number of aliphatic hydroxyl groups excluding tert-OH is 1. The van der Waals surface area contributed by atoms with Crippen LogP contribution in [0.25, 0.3) is 0 Å². The normalized spacial score (nSPS) is 12.2. The maximum absolute atomic E-state index is 9.39. The van der Waals surface area contributed by atoms with Gasteiger partial charge in [-0.05, 0) is 38.1 Å². The summed E-state index contributed by atoms with van der Waals surface area (Å²) in [5.41, 5.74) is 2.17. The van der Waals surface area contributed by atoms with Crippen molar-refractivity contribution in [1.29, 1.82) is 5.26 Å². The molecule has 0 aromatic heterocycles. The van der Waals surface area contributed by atoms with Gasteiger partial charge >= 0.3 is 0 Å². The fraction of sp³-hybridized carbons (Fsp3) is 0.562. The van der Waals surface area contributed by atoms with Crippen LogP contribution in [0.1, 0.15) is 32.4 Å². The minimum Gasteiger partial charge on any atom is -0.395 e. The third-order valence-electron chi connectivity index (χ3n) is 3.62. The summed E-state index contributed by atoms with van der Waals surface area (Å²) in [6, 6.07) is 10.2. The molecule has 0 saturated carbocycles. The number of rotatable bonds is 8. The first-order valence-corrected chi connectivity index (χ1v) is 7.31. The molecule has 0 radical (unpaired) electrons. The molecule has 110 valence electrons. The molecule has 0 heterocycles. The Morgan fingerprint density at radius 2 is 1.70 bits per heavy atom. The van der Waals surface area contributed by atoms with Gasteiger partial charge in [0.2, 0.25) is 0 Å². The van der Waals surface area contributed by atoms with Crippen molar-refractivity contribution in [3.8, 4) is 6.07 Å². The van der Waals surface area contributed by atoms with Gasteiger partial charge < -0.3 is 10.0 Å². The van der Waals surface area contributed by atoms with Gasteiger partial charge in [-0.2, -0.15) is 5.26 Å². The van der Waals surface area contributed by atoms with E-state index in [9.17, 15) is 5.26 Å². The molecule has 1 aromatic carbocycles. The minimum absolute atomic E-state index is 0.0730. The second kappa shape index (κ2) is 8.57. The lowest BCUT2D eigenvalue weighted by Gasteiger charge is -2.26. The third-order valence-corrected chi connectivity index (χ3v) is 3.62. The van der Waals surface area contributed by atoms with Crippen molar-refractivity contribution >= 4 is 5.69 Å². The Balaban J connectivity index is 2.92. The fourth-order valence-electron chi connectivity index (χ4n) is 2.42. The molecule has 1 atom stereocenters. The van der Waals surface area contributed by atoms with E-state index in [1.165, 1.54) is 5.69 Å². The van der Waals surface area contributed by atoms with Crippen LogP contribution in [0.3, 0.4) is 0 Å². The molecule has 0 saturated heterocycles. The first-order chi connectivity index (χ1) is 9.71. The zero-order chi connectivity index (χ0) is 15.0. The van der Waals surface area contributed by atoms with Gasteiger partial charge in [0.25, 0.3) is 0 Å². The van der Waals surface area contributed by atoms with Gasteiger partial charge in [0.1, 0.15) is 6.04 Å². The highest BCUT2D eigenvalue weighted by Gasteiger charge is 2.18. The Kier molecular flexibility index (Phi) is 7.06. The van der Waals surface area contributed by atoms with Crippen LogP contribution in [-0.2, 0) is 0 Å². The van der Waals surface area contributed by atoms with Crippen molar-refractivity contribution < 1.29 is 5.11 Å². The van der Waals surface area contributed by atoms with Crippen LogP contribution in [0.5, 0.6) is 0 Å². The summed E-state index contributed by atoms with van der Waals surface area (Å²) in [6.07, 6.45) is 0. The highest BCUT2D eigenvalue weighted by Crippen LogP contribution is 2.23. The van der Waals surface area contributed by atoms with Crippen molar-refractivity contribution in [2.45, 2.75) is 26.8 Å². The van der Waals surface area contributed by atoms with E-state index in [-0.39, 0.29) is 12.6 Å². The van der Waals surface area contributed by atoms with Crippen LogP contribution < -0.4 is 4.90 Å². The highest BCUT2D eigenvalue weighted by atomic mass is 16.3. The quantitative estimate of drug-likeness (QED) is 0.791. The maximum atomic E-state index is 9.39. The van der Waals surface area contributed by atoms with Gasteiger partial charge in [-0.3, -0.25) is 4.90 Å². The van der Waals surface area contributed by atoms with Crippen LogP contribution in [0, 0.1) is 11.3 Å². The average Bonchev–Trinajstić information content (AvgIpc) is 2.49. The predicted molar refractivity (Wildman–Crippen MR) is 82.7 cm³/mol. The number of benzene rings is 1. The lowest BCUT2D eigenvalue weighted by atomic mass is 10.1. The molecule has 0 spiro atoms. The first kappa shape index (κ1) is 16.5. The van der Waals surface area contributed by atoms with Crippen LogP contribution in [0.15, 0.2) is 24.3 Å². The maximum Gasteiger partial charge on any atom is 0.123 e. The molecule has 1 unspecified atom stereocenters. The topological polar surface area (TPSA) is 50.5 Å². The molecule has 1 rings (SSSR count). The minimum atomic E-state index is -0.294. The average molecular weight is 275 g/mol. The largest absolute Gasteiger partial charge is 0.395 e. The summed E-state index contributed by atoms with van der Waals surface area (Å²) < 4.78 is 0. The van der Waals surface area contributed by atoms with E-state index in [0.29, 0.717) is 6.54 Å². The monoisotopic (exact) mass is 275 g/mol. The SMILES string of the molecule is CCN(CC)c1ccc(C(C#N)N(CC)CCO)cc1. The zero-order valence-corrected chi connectivity index (χ0v) is 12.7. The van der Waals surface area contributed by atoms with E-state index in [1.54, 1.807) is 0 Å². The van der Waals surface area contributed by atoms with E-state index < -0.39 is 0 Å². The molecular weight excluding hydrogens is 250 g/mol. The van der Waals surface area contributed by atoms with Crippen molar-refractivity contribution in [3.05, 3.63) is 29.8 Å². The Morgan fingerprint density at radius 1 is 1.10 bits per heavy atom. The Morgan fingerprint density at radius 3 is 2.10 bits per heavy atom. The zero-order valence-electron chi connectivity index (χ0n) is 12.7. The summed E-state index contributed by atoms with van der Waals surface area (Å²) >= 11 is 0. The Hall–Kier alpha value is -1.57. The van der Waals surface area contributed by atoms with E-state index in [2.05, 4.69) is 36.9 Å². The number of likely N-dealkylation sites (N-methyl/N-ethyl adjacent to an activating group) is 1. The molecule has 1 aromatic rings. The molecule has 0 aliphatic heterocycles. The summed E-state index contributed by atoms with van der Waals surface area (Å²) in [5, 5.41) is 18.5. The first-order valence-electron chi connectivity index (χ1n) is 7.31. The summed E-state index contributed by atoms with van der Waals surface area (Å²) in [4.78, 5) is 4.25. The highest BCUT2D eigenvalue weighted by molar-refractivity contribution is 5.48. The lowest BCUT2D eigenvalue weighted by Crippen LogP contribution is -2.30. The molecule has 0 amide bonds. The number of hydrogen-bond donors (Lipinski definition) is 1. The third kappa shape index (κ3) is 3.96. The van der Waals surface area contributed by atoms with Crippen molar-refractivity contribution in [1.82, 2.24) is 4.90 Å². The van der Waals surface area contributed by atoms with E-state index in [4.69, 9.17) is 5.11 Å². The molecule has 0 aliphatic carbocycles. The molecule has 0 fully saturated rings. The van der Waals surface area contributed by atoms with Gasteiger partial charge in [-0.25, -0.2) is 0 Å². The van der Waals surface area contributed by atoms with Gasteiger partial charge in [0, 0.05) is 25.3 Å². The summed E-state index contributed by atoms with van der Waals surface area (Å²) in [6.45, 7) is 9.56. The lowest BCUT2D eigenvalue weighted by molar-refractivity contribution is 0.180. The smallest absolute Gasteiger partial charge is 0.123 e. The van der Waals surface area contributed by atoms with Crippen molar-refractivity contribution in [2.75, 3.05) is 37.7 Å². The summed E-state index contributed by atoms with van der Waals surface area (Å²) in [7, 11) is 0. The van der Waals surface area contributed by atoms with Crippen LogP contribution in [-0.4, -0.2) is 42.8 Å². The number of anilines is 1. The predicted octanol–water partition coefficient (Wildman–Crippen LogP) is 2.41. The van der Waals surface area contributed by atoms with Gasteiger partial charge in [-0.15, -0.1) is 0 Å². The van der Waals surface area contributed by atoms with Crippen molar-refractivity contribution in [3.63, 3.8) is 0 Å². The van der Waals surface area contributed by atoms with Crippen LogP contribution >= 0.6 is 0 Å². The van der Waals surface area contributed by atoms with Gasteiger partial charge in [-0.1, -0.05) is 19.1 Å². The molecule has 0 aliphatic rings. The summed E-state index contributed by atoms with van der Waals surface area (Å²) in [5.74, 6) is 0. The van der Waals surface area contributed by atoms with Crippen LogP contribution in [0.4, 0.5) is 5.69 Å². The molecule has 4 heteroatoms. The van der Waals surface area contributed by atoms with E-state index >= 15 is 0 Å². The fourth-order valence-corrected chi connectivity index (χ4v) is 2.42. The van der Waals surface area contributed by atoms with E-state index in [1.807, 2.05) is 24.0 Å². The molecule has 4 nitrogen and oxygen atoms in total. The van der Waals surface area contributed by atoms with E-state index in [0.717, 1.165) is 25.2 Å². The Bertz CT molecular complexity index is 420. The molecule has 1 N–H and O–H groups in total. The van der Waals surface area contributed by atoms with Crippen LogP contribution in [0.2, 0.25) is 0 Å². The standard InChI is InChI=1S/C16H25N3O/c1-4-18(5-2)15-9-7-14(8-10-15)16(13-17)19(6-3)11-12-20/h7-10,16,20H,4-6,11-12H2,1-3H3. The second-order valence-electron chi connectivity index (χ2n) is 4.65. The number of nitriles is 1. The number of aliphatic hydroxyl groups is 1. The molecular formula is C16H25N3O. The van der Waals surface area contributed by atoms with Gasteiger partial charge in [0.15, 0.2) is 0 Å². The molecule has 20 heavy (non-hydrogen) atoms. The Labute approximate surface area is 122 Å². The second-order valence-corrected chi connectivity index (χ2v) is 4.65. The molecule has 0 bridgehead atoms.